The van der Waals surface area contributed by atoms with Gasteiger partial charge in [-0.3, -0.25) is 14.7 Å². The molecule has 1 unspecified atom stereocenters. The third-order valence-corrected chi connectivity index (χ3v) is 16.3. The molecule has 0 spiro atoms. The number of morpholine rings is 1. The third kappa shape index (κ3) is 11.8. The van der Waals surface area contributed by atoms with Gasteiger partial charge < -0.3 is 42.9 Å². The number of nitrogens with zero attached hydrogens (tertiary/aromatic N) is 8. The molecule has 81 heavy (non-hydrogen) atoms. The number of likely N-dealkylation sites (tertiary alicyclic amines) is 1. The Hall–Kier alpha value is -8.02. The summed E-state index contributed by atoms with van der Waals surface area (Å²) < 4.78 is 50.5. The first-order valence-electron chi connectivity index (χ1n) is 26.7. The maximum atomic E-state index is 14.6. The number of urea groups is 1. The van der Waals surface area contributed by atoms with Gasteiger partial charge in [0.25, 0.3) is 14.4 Å². The van der Waals surface area contributed by atoms with Gasteiger partial charge in [0, 0.05) is 25.0 Å². The summed E-state index contributed by atoms with van der Waals surface area (Å²) in [5, 5.41) is 15.4. The Morgan fingerprint density at radius 1 is 0.802 bits per heavy atom. The topological polar surface area (TPSA) is 217 Å². The molecule has 5 aromatic carbocycles. The van der Waals surface area contributed by atoms with Crippen molar-refractivity contribution in [3.05, 3.63) is 163 Å². The lowest BCUT2D eigenvalue weighted by atomic mass is 9.79. The van der Waals surface area contributed by atoms with Crippen LogP contribution in [0.25, 0.3) is 11.2 Å². The van der Waals surface area contributed by atoms with Crippen molar-refractivity contribution in [3.63, 3.8) is 0 Å². The lowest BCUT2D eigenvalue weighted by Crippen LogP contribution is -2.53. The lowest BCUT2D eigenvalue weighted by Gasteiger charge is -2.42. The monoisotopic (exact) mass is 1120 g/mol. The summed E-state index contributed by atoms with van der Waals surface area (Å²) in [4.78, 5) is 60.0. The van der Waals surface area contributed by atoms with Gasteiger partial charge >= 0.3 is 12.1 Å². The molecular weight excluding hydrogens is 1050 g/mol. The van der Waals surface area contributed by atoms with Crippen LogP contribution in [0.3, 0.4) is 0 Å². The van der Waals surface area contributed by atoms with E-state index in [1.54, 1.807) is 93.1 Å². The Bertz CT molecular complexity index is 3220. The van der Waals surface area contributed by atoms with Crippen molar-refractivity contribution >= 4 is 55.0 Å². The molecule has 0 aliphatic carbocycles. The number of para-hydroxylation sites is 2. The standard InChI is InChI=1S/C60H67N10O10P/c1-39(2)53(71)65-56-64-52-49(54(66-56)78-58(73)69(45-22-15-11-16-23-45)46-24-17-12-18-25-46)63-38-68(52)55-50-51(80-81(77-35-19-34-61)70(40(3)4)41(5)6)59(79-55,36-67(50)57(72)62-7)37-76-60(42-20-13-10-14-21-42,43-26-30-47(74-8)31-27-43)44-28-32-48(75-9)33-29-44/h10-18,20-33,38-41,50-51,55H,19,35-37H2,1-9H3,(H,62,72)(H,64,65,66,71)/t50-,51+,55-,59-,81?/m1/s1. The fourth-order valence-corrected chi connectivity index (χ4v) is 12.2. The molecule has 4 heterocycles. The van der Waals surface area contributed by atoms with Crippen LogP contribution in [0.1, 0.15) is 70.9 Å². The Morgan fingerprint density at radius 3 is 1.88 bits per heavy atom. The highest BCUT2D eigenvalue weighted by Crippen LogP contribution is 2.57. The average Bonchev–Trinajstić information content (AvgIpc) is 4.18. The van der Waals surface area contributed by atoms with Gasteiger partial charge in [-0.2, -0.15) is 15.2 Å². The number of methoxy groups -OCH3 is 2. The molecule has 21 heteroatoms. The molecule has 0 radical (unpaired) electrons. The highest BCUT2D eigenvalue weighted by atomic mass is 31.2. The van der Waals surface area contributed by atoms with Crippen molar-refractivity contribution in [1.29, 1.82) is 5.26 Å². The van der Waals surface area contributed by atoms with Crippen molar-refractivity contribution < 1.29 is 47.1 Å². The number of fused-ring (bicyclic) bond motifs is 3. The fourth-order valence-electron chi connectivity index (χ4n) is 10.4. The second-order valence-electron chi connectivity index (χ2n) is 20.3. The van der Waals surface area contributed by atoms with Crippen molar-refractivity contribution in [1.82, 2.24) is 34.4 Å². The first-order chi connectivity index (χ1) is 39.2. The van der Waals surface area contributed by atoms with Gasteiger partial charge in [0.2, 0.25) is 11.9 Å². The molecule has 2 N–H and O–H groups in total. The van der Waals surface area contributed by atoms with Crippen LogP contribution in [0, 0.1) is 17.2 Å². The molecule has 2 aliphatic heterocycles. The minimum Gasteiger partial charge on any atom is -0.497 e. The van der Waals surface area contributed by atoms with E-state index in [0.29, 0.717) is 22.9 Å². The van der Waals surface area contributed by atoms with E-state index in [0.717, 1.165) is 16.7 Å². The summed E-state index contributed by atoms with van der Waals surface area (Å²) in [7, 11) is 2.78. The van der Waals surface area contributed by atoms with E-state index in [1.807, 2.05) is 119 Å². The van der Waals surface area contributed by atoms with Crippen LogP contribution in [0.5, 0.6) is 17.4 Å². The molecule has 2 bridgehead atoms. The minimum absolute atomic E-state index is 0.0334. The van der Waals surface area contributed by atoms with E-state index < -0.39 is 62.1 Å². The highest BCUT2D eigenvalue weighted by molar-refractivity contribution is 7.44. The van der Waals surface area contributed by atoms with Crippen LogP contribution in [0.2, 0.25) is 0 Å². The van der Waals surface area contributed by atoms with E-state index in [4.69, 9.17) is 42.7 Å². The summed E-state index contributed by atoms with van der Waals surface area (Å²) in [6.45, 7) is 11.4. The van der Waals surface area contributed by atoms with Crippen LogP contribution in [0.15, 0.2) is 146 Å². The van der Waals surface area contributed by atoms with Gasteiger partial charge in [-0.05, 0) is 92.9 Å². The Balaban J connectivity index is 1.23. The summed E-state index contributed by atoms with van der Waals surface area (Å²) in [5.74, 6) is -0.0544. The Labute approximate surface area is 472 Å². The van der Waals surface area contributed by atoms with E-state index >= 15 is 0 Å². The molecule has 4 amide bonds. The maximum Gasteiger partial charge on any atom is 0.425 e. The van der Waals surface area contributed by atoms with Gasteiger partial charge in [-0.1, -0.05) is 105 Å². The van der Waals surface area contributed by atoms with Crippen LogP contribution in [-0.4, -0.2) is 118 Å². The second-order valence-corrected chi connectivity index (χ2v) is 21.7. The second kappa shape index (κ2) is 25.2. The summed E-state index contributed by atoms with van der Waals surface area (Å²) in [6.07, 6.45) is -1.42. The number of nitriles is 1. The number of hydrogen-bond donors (Lipinski definition) is 2. The van der Waals surface area contributed by atoms with E-state index in [2.05, 4.69) is 26.4 Å². The number of benzene rings is 5. The molecule has 0 saturated carbocycles. The van der Waals surface area contributed by atoms with Gasteiger partial charge in [0.05, 0.1) is 64.2 Å². The Kier molecular flexibility index (Phi) is 17.9. The number of aromatic nitrogens is 4. The average molecular weight is 1120 g/mol. The van der Waals surface area contributed by atoms with E-state index in [9.17, 15) is 19.6 Å². The number of imidazole rings is 1. The number of carbonyl (C=O) groups is 3. The Morgan fingerprint density at radius 2 is 1.36 bits per heavy atom. The van der Waals surface area contributed by atoms with Crippen LogP contribution in [-0.2, 0) is 28.9 Å². The number of anilines is 3. The minimum atomic E-state index is -1.99. The predicted octanol–water partition coefficient (Wildman–Crippen LogP) is 10.7. The smallest absolute Gasteiger partial charge is 0.425 e. The van der Waals surface area contributed by atoms with Gasteiger partial charge in [0.15, 0.2) is 17.4 Å². The number of hydrogen-bond acceptors (Lipinski definition) is 15. The zero-order valence-corrected chi connectivity index (χ0v) is 47.7. The number of ether oxygens (including phenoxy) is 5. The summed E-state index contributed by atoms with van der Waals surface area (Å²) >= 11 is 0. The summed E-state index contributed by atoms with van der Waals surface area (Å²) in [5.41, 5.74) is 0.587. The number of nitrogens with one attached hydrogen (secondary N) is 2. The van der Waals surface area contributed by atoms with Crippen molar-refractivity contribution in [2.75, 3.05) is 51.2 Å². The van der Waals surface area contributed by atoms with Crippen LogP contribution >= 0.6 is 8.53 Å². The van der Waals surface area contributed by atoms with E-state index in [1.165, 1.54) is 11.2 Å². The lowest BCUT2D eigenvalue weighted by molar-refractivity contribution is -0.170. The van der Waals surface area contributed by atoms with Crippen molar-refractivity contribution in [2.45, 2.75) is 89.6 Å². The van der Waals surface area contributed by atoms with Crippen molar-refractivity contribution in [3.8, 4) is 23.4 Å². The molecule has 20 nitrogen and oxygen atoms in total. The third-order valence-electron chi connectivity index (χ3n) is 14.1. The van der Waals surface area contributed by atoms with Crippen LogP contribution in [0.4, 0.5) is 26.9 Å². The fraction of sp³-hybridized carbons (Fsp3) is 0.350. The quantitative estimate of drug-likeness (QED) is 0.0367. The first kappa shape index (κ1) is 57.7. The SMILES string of the molecule is CNC(=O)N1C[C@]2(COC(c3ccccc3)(c3ccc(OC)cc3)c3ccc(OC)cc3)O[C@@H](n3cnc4c(OC(=O)N(c5ccccc5)c5ccccc5)nc(NC(=O)C(C)C)nc43)[C@H]1[C@@H]2OP(OCCC#N)N(C(C)C)C(C)C. The molecule has 2 saturated heterocycles. The van der Waals surface area contributed by atoms with Gasteiger partial charge in [0.1, 0.15) is 34.8 Å². The molecule has 2 aromatic heterocycles. The molecule has 7 aromatic rings. The van der Waals surface area contributed by atoms with E-state index in [-0.39, 0.29) is 61.3 Å². The zero-order chi connectivity index (χ0) is 57.4. The largest absolute Gasteiger partial charge is 0.497 e. The first-order valence-corrected chi connectivity index (χ1v) is 27.9. The zero-order valence-electron chi connectivity index (χ0n) is 46.8. The molecule has 422 valence electrons. The molecule has 5 atom stereocenters. The van der Waals surface area contributed by atoms with Crippen molar-refractivity contribution in [2.24, 2.45) is 5.92 Å². The maximum absolute atomic E-state index is 14.6. The van der Waals surface area contributed by atoms with Gasteiger partial charge in [-0.25, -0.2) is 24.1 Å². The number of rotatable bonds is 22. The summed E-state index contributed by atoms with van der Waals surface area (Å²) in [6, 6.07) is 43.7. The van der Waals surface area contributed by atoms with Gasteiger partial charge in [-0.15, -0.1) is 0 Å². The molecule has 2 fully saturated rings. The molecule has 9 rings (SSSR count). The molecular formula is C60H67N10O10P. The normalized spacial score (nSPS) is 18.1. The van der Waals surface area contributed by atoms with Crippen LogP contribution < -0.4 is 29.7 Å². The molecule has 2 aliphatic rings. The predicted molar refractivity (Wildman–Crippen MR) is 306 cm³/mol. The number of carbonyl (C=O) groups excluding carboxylic acids is 3. The highest BCUT2D eigenvalue weighted by Gasteiger charge is 2.68. The number of amides is 4.